The van der Waals surface area contributed by atoms with Gasteiger partial charge in [-0.25, -0.2) is 0 Å². The van der Waals surface area contributed by atoms with Crippen LogP contribution in [-0.2, 0) is 16.8 Å². The zero-order chi connectivity index (χ0) is 20.0. The van der Waals surface area contributed by atoms with E-state index in [9.17, 15) is 4.79 Å². The summed E-state index contributed by atoms with van der Waals surface area (Å²) in [6.45, 7) is 8.97. The fourth-order valence-electron chi connectivity index (χ4n) is 2.67. The summed E-state index contributed by atoms with van der Waals surface area (Å²) in [6.07, 6.45) is 1.82. The van der Waals surface area contributed by atoms with Crippen molar-refractivity contribution in [3.05, 3.63) is 76.3 Å². The van der Waals surface area contributed by atoms with Crippen LogP contribution in [0, 0.1) is 0 Å². The molecule has 0 saturated heterocycles. The normalized spacial score (nSPS) is 12.8. The summed E-state index contributed by atoms with van der Waals surface area (Å²) in [4.78, 5) is 16.6. The number of halogens is 1. The first-order valence-electron chi connectivity index (χ1n) is 8.99. The van der Waals surface area contributed by atoms with E-state index < -0.39 is 0 Å². The Morgan fingerprint density at radius 3 is 2.37 bits per heavy atom. The van der Waals surface area contributed by atoms with Gasteiger partial charge in [0.1, 0.15) is 5.71 Å². The lowest BCUT2D eigenvalue weighted by atomic mass is 9.86. The number of nitrogens with one attached hydrogen (secondary N) is 1. The van der Waals surface area contributed by atoms with Crippen molar-refractivity contribution < 1.29 is 4.79 Å². The Bertz CT molecular complexity index is 859. The summed E-state index contributed by atoms with van der Waals surface area (Å²) in [6, 6.07) is 15.9. The van der Waals surface area contributed by atoms with E-state index in [2.05, 4.69) is 55.3 Å². The highest BCUT2D eigenvalue weighted by molar-refractivity contribution is 6.44. The van der Waals surface area contributed by atoms with Crippen LogP contribution in [-0.4, -0.2) is 18.7 Å². The van der Waals surface area contributed by atoms with Crippen LogP contribution in [0.15, 0.2) is 59.6 Å². The molecule has 0 unspecified atom stereocenters. The van der Waals surface area contributed by atoms with E-state index in [1.54, 1.807) is 7.05 Å². The van der Waals surface area contributed by atoms with Crippen molar-refractivity contribution in [1.82, 2.24) is 5.32 Å². The molecule has 4 heteroatoms. The highest BCUT2D eigenvalue weighted by Gasteiger charge is 2.13. The Labute approximate surface area is 167 Å². The molecule has 2 rings (SSSR count). The topological polar surface area (TPSA) is 41.5 Å². The molecule has 0 spiro atoms. The minimum absolute atomic E-state index is 0.117. The second-order valence-corrected chi connectivity index (χ2v) is 8.01. The molecule has 1 N–H and O–H groups in total. The number of allylic oxidation sites excluding steroid dienone is 1. The van der Waals surface area contributed by atoms with Gasteiger partial charge in [0.25, 0.3) is 5.91 Å². The molecule has 2 aromatic carbocycles. The summed E-state index contributed by atoms with van der Waals surface area (Å²) < 4.78 is 0. The molecule has 0 aliphatic heterocycles. The highest BCUT2D eigenvalue weighted by Crippen LogP contribution is 2.24. The van der Waals surface area contributed by atoms with E-state index in [4.69, 9.17) is 11.6 Å². The third-order valence-electron chi connectivity index (χ3n) is 4.38. The Kier molecular flexibility index (Phi) is 6.98. The third-order valence-corrected chi connectivity index (χ3v) is 4.61. The molecular formula is C23H27ClN2O. The molecule has 0 bridgehead atoms. The van der Waals surface area contributed by atoms with Gasteiger partial charge >= 0.3 is 0 Å². The molecule has 27 heavy (non-hydrogen) atoms. The molecule has 142 valence electrons. The van der Waals surface area contributed by atoms with E-state index in [1.165, 1.54) is 5.56 Å². The predicted octanol–water partition coefficient (Wildman–Crippen LogP) is 5.43. The second kappa shape index (κ2) is 9.01. The maximum atomic E-state index is 12.5. The van der Waals surface area contributed by atoms with Gasteiger partial charge in [-0.1, -0.05) is 68.8 Å². The fourth-order valence-corrected chi connectivity index (χ4v) is 2.89. The van der Waals surface area contributed by atoms with Crippen molar-refractivity contribution in [2.24, 2.45) is 4.99 Å². The third kappa shape index (κ3) is 6.07. The first-order valence-corrected chi connectivity index (χ1v) is 9.37. The molecule has 0 saturated carbocycles. The van der Waals surface area contributed by atoms with Crippen LogP contribution in [0.4, 0.5) is 0 Å². The molecule has 1 amide bonds. The number of hydrogen-bond donors (Lipinski definition) is 1. The highest BCUT2D eigenvalue weighted by atomic mass is 35.5. The lowest BCUT2D eigenvalue weighted by Gasteiger charge is -2.19. The minimum atomic E-state index is -0.205. The Balaban J connectivity index is 2.08. The largest absolute Gasteiger partial charge is 0.347 e. The molecule has 0 aromatic heterocycles. The zero-order valence-corrected chi connectivity index (χ0v) is 17.4. The molecule has 3 nitrogen and oxygen atoms in total. The van der Waals surface area contributed by atoms with Gasteiger partial charge in [-0.2, -0.15) is 0 Å². The van der Waals surface area contributed by atoms with Crippen molar-refractivity contribution >= 4 is 28.8 Å². The van der Waals surface area contributed by atoms with Crippen LogP contribution < -0.4 is 5.32 Å². The number of amides is 1. The summed E-state index contributed by atoms with van der Waals surface area (Å²) >= 11 is 5.98. The summed E-state index contributed by atoms with van der Waals surface area (Å²) in [5.74, 6) is -0.205. The Morgan fingerprint density at radius 2 is 1.81 bits per heavy atom. The van der Waals surface area contributed by atoms with Gasteiger partial charge in [0.05, 0.1) is 0 Å². The second-order valence-electron chi connectivity index (χ2n) is 7.58. The first-order chi connectivity index (χ1) is 12.7. The van der Waals surface area contributed by atoms with Gasteiger partial charge in [0.2, 0.25) is 0 Å². The lowest BCUT2D eigenvalue weighted by molar-refractivity contribution is -0.114. The maximum Gasteiger partial charge on any atom is 0.269 e. The number of hydrogen-bond acceptors (Lipinski definition) is 2. The van der Waals surface area contributed by atoms with E-state index >= 15 is 0 Å². The van der Waals surface area contributed by atoms with Gasteiger partial charge in [-0.15, -0.1) is 0 Å². The Hall–Kier alpha value is -2.39. The maximum absolute atomic E-state index is 12.5. The monoisotopic (exact) mass is 382 g/mol. The van der Waals surface area contributed by atoms with Crippen molar-refractivity contribution in [3.8, 4) is 0 Å². The van der Waals surface area contributed by atoms with Crippen LogP contribution in [0.5, 0.6) is 0 Å². The number of rotatable bonds is 5. The number of aliphatic imine (C=N–C) groups is 1. The summed E-state index contributed by atoms with van der Waals surface area (Å²) in [7, 11) is 1.63. The quantitative estimate of drug-likeness (QED) is 0.688. The lowest BCUT2D eigenvalue weighted by Crippen LogP contribution is -2.29. The number of carbonyl (C=O) groups excluding carboxylic acids is 1. The van der Waals surface area contributed by atoms with Gasteiger partial charge in [0.15, 0.2) is 0 Å². The van der Waals surface area contributed by atoms with Gasteiger partial charge < -0.3 is 5.32 Å². The van der Waals surface area contributed by atoms with Gasteiger partial charge in [-0.3, -0.25) is 9.79 Å². The molecule has 0 heterocycles. The first kappa shape index (κ1) is 20.9. The van der Waals surface area contributed by atoms with Gasteiger partial charge in [0, 0.05) is 18.6 Å². The average Bonchev–Trinajstić information content (AvgIpc) is 2.63. The van der Waals surface area contributed by atoms with Gasteiger partial charge in [-0.05, 0) is 52.8 Å². The van der Waals surface area contributed by atoms with Crippen LogP contribution in [0.25, 0.3) is 5.57 Å². The molecular weight excluding hydrogens is 356 g/mol. The minimum Gasteiger partial charge on any atom is -0.347 e. The smallest absolute Gasteiger partial charge is 0.269 e. The van der Waals surface area contributed by atoms with Crippen LogP contribution >= 0.6 is 11.6 Å². The van der Waals surface area contributed by atoms with E-state index in [1.807, 2.05) is 37.3 Å². The van der Waals surface area contributed by atoms with Crippen LogP contribution in [0.3, 0.4) is 0 Å². The summed E-state index contributed by atoms with van der Waals surface area (Å²) in [5.41, 5.74) is 4.81. The van der Waals surface area contributed by atoms with Crippen molar-refractivity contribution in [3.63, 3.8) is 0 Å². The molecule has 0 aliphatic carbocycles. The van der Waals surface area contributed by atoms with E-state index in [0.717, 1.165) is 16.7 Å². The Morgan fingerprint density at radius 1 is 1.15 bits per heavy atom. The standard InChI is InChI=1S/C23H27ClN2O/c1-16(18-9-11-19(12-10-18)23(2,3)4)13-21(25-5)22(27)26-15-17-7-6-8-20(24)14-17/h6-14H,15H2,1-5H3,(H,26,27)/b16-13+,25-21?. The molecule has 0 fully saturated rings. The zero-order valence-electron chi connectivity index (χ0n) is 16.6. The van der Waals surface area contributed by atoms with Crippen LogP contribution in [0.2, 0.25) is 5.02 Å². The number of carbonyl (C=O) groups is 1. The molecule has 0 atom stereocenters. The predicted molar refractivity (Wildman–Crippen MR) is 115 cm³/mol. The van der Waals surface area contributed by atoms with E-state index in [-0.39, 0.29) is 11.3 Å². The number of benzene rings is 2. The average molecular weight is 383 g/mol. The summed E-state index contributed by atoms with van der Waals surface area (Å²) in [5, 5.41) is 3.54. The molecule has 0 radical (unpaired) electrons. The van der Waals surface area contributed by atoms with Crippen molar-refractivity contribution in [2.75, 3.05) is 7.05 Å². The van der Waals surface area contributed by atoms with Crippen molar-refractivity contribution in [2.45, 2.75) is 39.7 Å². The number of nitrogens with zero attached hydrogens (tertiary/aromatic N) is 1. The van der Waals surface area contributed by atoms with Crippen molar-refractivity contribution in [1.29, 1.82) is 0 Å². The molecule has 2 aromatic rings. The van der Waals surface area contributed by atoms with E-state index in [0.29, 0.717) is 17.3 Å². The molecule has 0 aliphatic rings. The van der Waals surface area contributed by atoms with Crippen LogP contribution in [0.1, 0.15) is 44.4 Å². The fraction of sp³-hybridized carbons (Fsp3) is 0.304. The SMILES string of the molecule is CN=C(/C=C(\C)c1ccc(C(C)(C)C)cc1)C(=O)NCc1cccc(Cl)c1.